The number of aliphatic hydroxyl groups excluding tert-OH is 1. The molecule has 19 heavy (non-hydrogen) atoms. The van der Waals surface area contributed by atoms with E-state index in [1.807, 2.05) is 6.92 Å². The Labute approximate surface area is 123 Å². The highest BCUT2D eigenvalue weighted by molar-refractivity contribution is 9.11. The Morgan fingerprint density at radius 1 is 1.47 bits per heavy atom. The highest BCUT2D eigenvalue weighted by atomic mass is 79.9. The fourth-order valence-electron chi connectivity index (χ4n) is 1.49. The van der Waals surface area contributed by atoms with Gasteiger partial charge in [0, 0.05) is 13.1 Å². The minimum Gasteiger partial charge on any atom is -0.477 e. The van der Waals surface area contributed by atoms with Crippen LogP contribution in [0, 0.1) is 0 Å². The van der Waals surface area contributed by atoms with E-state index in [1.54, 1.807) is 0 Å². The monoisotopic (exact) mass is 371 g/mol. The molecular formula is C10H14BrNO5S2. The molecule has 9 heteroatoms. The smallest absolute Gasteiger partial charge is 0.345 e. The number of halogens is 1. The molecule has 0 bridgehead atoms. The number of thiophene rings is 1. The Morgan fingerprint density at radius 2 is 2.11 bits per heavy atom. The SMILES string of the molecule is CCCN(CCO)S(=O)(=O)c1cc(C(=O)O)sc1Br. The zero-order chi connectivity index (χ0) is 14.6. The highest BCUT2D eigenvalue weighted by Gasteiger charge is 2.28. The van der Waals surface area contributed by atoms with E-state index in [0.717, 1.165) is 21.7 Å². The van der Waals surface area contributed by atoms with Crippen molar-refractivity contribution < 1.29 is 23.4 Å². The maximum absolute atomic E-state index is 12.4. The molecule has 0 unspecified atom stereocenters. The zero-order valence-electron chi connectivity index (χ0n) is 10.2. The van der Waals surface area contributed by atoms with Gasteiger partial charge in [-0.15, -0.1) is 11.3 Å². The summed E-state index contributed by atoms with van der Waals surface area (Å²) in [4.78, 5) is 10.7. The molecule has 0 saturated carbocycles. The number of hydrogen-bond donors (Lipinski definition) is 2. The van der Waals surface area contributed by atoms with Crippen LogP contribution in [0.5, 0.6) is 0 Å². The summed E-state index contributed by atoms with van der Waals surface area (Å²) in [6, 6.07) is 1.13. The number of carbonyl (C=O) groups is 1. The van der Waals surface area contributed by atoms with E-state index in [1.165, 1.54) is 0 Å². The summed E-state index contributed by atoms with van der Waals surface area (Å²) in [5, 5.41) is 17.8. The van der Waals surface area contributed by atoms with Gasteiger partial charge >= 0.3 is 5.97 Å². The van der Waals surface area contributed by atoms with Gasteiger partial charge in [0.1, 0.15) is 9.77 Å². The minimum atomic E-state index is -3.80. The van der Waals surface area contributed by atoms with Gasteiger partial charge in [-0.3, -0.25) is 0 Å². The van der Waals surface area contributed by atoms with Crippen LogP contribution in [0.15, 0.2) is 14.7 Å². The molecule has 1 rings (SSSR count). The molecule has 0 fully saturated rings. The molecule has 1 aromatic heterocycles. The molecule has 0 saturated heterocycles. The first-order valence-corrected chi connectivity index (χ1v) is 8.53. The van der Waals surface area contributed by atoms with Crippen molar-refractivity contribution in [3.63, 3.8) is 0 Å². The normalized spacial score (nSPS) is 12.0. The standard InChI is InChI=1S/C10H14BrNO5S2/c1-2-3-12(4-5-13)19(16,17)8-6-7(10(14)15)18-9(8)11/h6,13H,2-5H2,1H3,(H,14,15). The molecule has 2 N–H and O–H groups in total. The number of carboxylic acids is 1. The second-order valence-electron chi connectivity index (χ2n) is 3.68. The second kappa shape index (κ2) is 6.80. The third-order valence-corrected chi connectivity index (χ3v) is 6.45. The number of aromatic carboxylic acids is 1. The van der Waals surface area contributed by atoms with Crippen molar-refractivity contribution in [2.75, 3.05) is 19.7 Å². The molecule has 0 aromatic carbocycles. The third kappa shape index (κ3) is 3.76. The van der Waals surface area contributed by atoms with E-state index in [2.05, 4.69) is 15.9 Å². The van der Waals surface area contributed by atoms with Crippen LogP contribution in [0.25, 0.3) is 0 Å². The Bertz CT molecular complexity index is 548. The lowest BCUT2D eigenvalue weighted by Gasteiger charge is -2.20. The first-order valence-electron chi connectivity index (χ1n) is 5.48. The average molecular weight is 372 g/mol. The fraction of sp³-hybridized carbons (Fsp3) is 0.500. The maximum Gasteiger partial charge on any atom is 0.345 e. The van der Waals surface area contributed by atoms with Crippen molar-refractivity contribution in [3.05, 3.63) is 14.7 Å². The van der Waals surface area contributed by atoms with E-state index in [0.29, 0.717) is 6.42 Å². The van der Waals surface area contributed by atoms with Gasteiger partial charge in [-0.25, -0.2) is 13.2 Å². The Kier molecular flexibility index (Phi) is 5.93. The summed E-state index contributed by atoms with van der Waals surface area (Å²) >= 11 is 3.93. The summed E-state index contributed by atoms with van der Waals surface area (Å²) in [6.07, 6.45) is 0.604. The van der Waals surface area contributed by atoms with Crippen LogP contribution >= 0.6 is 27.3 Å². The summed E-state index contributed by atoms with van der Waals surface area (Å²) in [6.45, 7) is 1.80. The van der Waals surface area contributed by atoms with Crippen molar-refractivity contribution in [2.45, 2.75) is 18.2 Å². The summed E-state index contributed by atoms with van der Waals surface area (Å²) in [7, 11) is -3.80. The van der Waals surface area contributed by atoms with Gasteiger partial charge in [-0.1, -0.05) is 6.92 Å². The van der Waals surface area contributed by atoms with Gasteiger partial charge < -0.3 is 10.2 Å². The quantitative estimate of drug-likeness (QED) is 0.758. The number of nitrogens with zero attached hydrogens (tertiary/aromatic N) is 1. The Balaban J connectivity index is 3.20. The van der Waals surface area contributed by atoms with Crippen LogP contribution in [0.2, 0.25) is 0 Å². The summed E-state index contributed by atoms with van der Waals surface area (Å²) in [5.41, 5.74) is 0. The van der Waals surface area contributed by atoms with Gasteiger partial charge in [0.2, 0.25) is 10.0 Å². The first kappa shape index (κ1) is 16.6. The fourth-order valence-corrected chi connectivity index (χ4v) is 5.36. The average Bonchev–Trinajstić information content (AvgIpc) is 2.72. The van der Waals surface area contributed by atoms with Gasteiger partial charge in [0.15, 0.2) is 0 Å². The number of carboxylic acid groups (broad SMARTS) is 1. The van der Waals surface area contributed by atoms with E-state index in [4.69, 9.17) is 10.2 Å². The van der Waals surface area contributed by atoms with Gasteiger partial charge in [-0.05, 0) is 28.4 Å². The molecule has 0 aliphatic carbocycles. The van der Waals surface area contributed by atoms with E-state index in [-0.39, 0.29) is 33.3 Å². The molecule has 0 spiro atoms. The molecule has 0 amide bonds. The number of hydrogen-bond acceptors (Lipinski definition) is 5. The van der Waals surface area contributed by atoms with Crippen molar-refractivity contribution in [2.24, 2.45) is 0 Å². The molecule has 0 radical (unpaired) electrons. The van der Waals surface area contributed by atoms with Crippen LogP contribution in [0.3, 0.4) is 0 Å². The third-order valence-electron chi connectivity index (χ3n) is 2.31. The van der Waals surface area contributed by atoms with Gasteiger partial charge in [0.25, 0.3) is 0 Å². The van der Waals surface area contributed by atoms with Crippen molar-refractivity contribution >= 4 is 43.3 Å². The van der Waals surface area contributed by atoms with Crippen molar-refractivity contribution in [3.8, 4) is 0 Å². The van der Waals surface area contributed by atoms with Gasteiger partial charge in [0.05, 0.1) is 10.4 Å². The number of sulfonamides is 1. The first-order chi connectivity index (χ1) is 8.84. The Morgan fingerprint density at radius 3 is 2.53 bits per heavy atom. The van der Waals surface area contributed by atoms with E-state index < -0.39 is 16.0 Å². The molecular weight excluding hydrogens is 358 g/mol. The van der Waals surface area contributed by atoms with Crippen molar-refractivity contribution in [1.29, 1.82) is 0 Å². The predicted octanol–water partition coefficient (Wildman–Crippen LogP) is 1.60. The highest BCUT2D eigenvalue weighted by Crippen LogP contribution is 2.33. The molecule has 6 nitrogen and oxygen atoms in total. The van der Waals surface area contributed by atoms with Crippen LogP contribution in [0.1, 0.15) is 23.0 Å². The van der Waals surface area contributed by atoms with Gasteiger partial charge in [-0.2, -0.15) is 4.31 Å². The van der Waals surface area contributed by atoms with E-state index in [9.17, 15) is 13.2 Å². The van der Waals surface area contributed by atoms with Crippen LogP contribution < -0.4 is 0 Å². The van der Waals surface area contributed by atoms with Crippen molar-refractivity contribution in [1.82, 2.24) is 4.31 Å². The minimum absolute atomic E-state index is 0.0130. The Hall–Kier alpha value is -0.480. The second-order valence-corrected chi connectivity index (χ2v) is 7.96. The van der Waals surface area contributed by atoms with Crippen LogP contribution in [-0.4, -0.2) is 48.6 Å². The largest absolute Gasteiger partial charge is 0.477 e. The van der Waals surface area contributed by atoms with Crippen LogP contribution in [-0.2, 0) is 10.0 Å². The van der Waals surface area contributed by atoms with E-state index >= 15 is 0 Å². The molecule has 0 aliphatic rings. The lowest BCUT2D eigenvalue weighted by molar-refractivity contribution is 0.0702. The zero-order valence-corrected chi connectivity index (χ0v) is 13.4. The molecule has 0 aliphatic heterocycles. The lowest BCUT2D eigenvalue weighted by atomic mass is 10.5. The molecule has 108 valence electrons. The topological polar surface area (TPSA) is 94.9 Å². The number of rotatable bonds is 7. The lowest BCUT2D eigenvalue weighted by Crippen LogP contribution is -2.34. The number of aliphatic hydroxyl groups is 1. The molecule has 1 heterocycles. The summed E-state index contributed by atoms with van der Waals surface area (Å²) in [5.74, 6) is -1.17. The maximum atomic E-state index is 12.4. The molecule has 0 atom stereocenters. The van der Waals surface area contributed by atoms with Crippen LogP contribution in [0.4, 0.5) is 0 Å². The predicted molar refractivity (Wildman–Crippen MR) is 75.1 cm³/mol. The summed E-state index contributed by atoms with van der Waals surface area (Å²) < 4.78 is 26.1. The molecule has 1 aromatic rings.